The molecule has 0 rings (SSSR count). The first-order chi connectivity index (χ1) is 5.12. The van der Waals surface area contributed by atoms with Crippen LogP contribution in [0.3, 0.4) is 0 Å². The highest BCUT2D eigenvalue weighted by Crippen LogP contribution is 2.18. The van der Waals surface area contributed by atoms with E-state index in [-0.39, 0.29) is 0 Å². The summed E-state index contributed by atoms with van der Waals surface area (Å²) in [6.07, 6.45) is 6.93. The first-order valence-corrected chi connectivity index (χ1v) is 4.45. The number of rotatable bonds is 6. The summed E-state index contributed by atoms with van der Waals surface area (Å²) in [5.74, 6) is 0. The average Bonchev–Trinajstić information content (AvgIpc) is 1.87. The van der Waals surface area contributed by atoms with E-state index < -0.39 is 5.60 Å². The van der Waals surface area contributed by atoms with Crippen LogP contribution in [-0.2, 0) is 0 Å². The van der Waals surface area contributed by atoms with Crippen molar-refractivity contribution in [1.29, 1.82) is 0 Å². The highest BCUT2D eigenvalue weighted by atomic mass is 16.3. The first-order valence-electron chi connectivity index (χ1n) is 4.45. The highest BCUT2D eigenvalue weighted by Gasteiger charge is 2.16. The van der Waals surface area contributed by atoms with Crippen molar-refractivity contribution in [3.05, 3.63) is 12.7 Å². The zero-order valence-corrected chi connectivity index (χ0v) is 7.77. The molecule has 66 valence electrons. The molecular weight excluding hydrogens is 136 g/mol. The van der Waals surface area contributed by atoms with E-state index in [2.05, 4.69) is 13.5 Å². The van der Waals surface area contributed by atoms with Crippen molar-refractivity contribution in [1.82, 2.24) is 0 Å². The van der Waals surface area contributed by atoms with Gasteiger partial charge in [-0.05, 0) is 19.8 Å². The van der Waals surface area contributed by atoms with Gasteiger partial charge < -0.3 is 5.11 Å². The Morgan fingerprint density at radius 2 is 2.09 bits per heavy atom. The van der Waals surface area contributed by atoms with E-state index in [4.69, 9.17) is 0 Å². The standard InChI is InChI=1S/C10H20O/c1-4-6-7-9-10(3,11)8-5-2/h5,11H,2,4,6-9H2,1,3H3. The van der Waals surface area contributed by atoms with Crippen molar-refractivity contribution < 1.29 is 5.11 Å². The predicted molar refractivity (Wildman–Crippen MR) is 49.6 cm³/mol. The van der Waals surface area contributed by atoms with E-state index in [9.17, 15) is 5.11 Å². The minimum absolute atomic E-state index is 0.517. The highest BCUT2D eigenvalue weighted by molar-refractivity contribution is 4.82. The maximum atomic E-state index is 9.67. The van der Waals surface area contributed by atoms with Gasteiger partial charge in [0.15, 0.2) is 0 Å². The molecule has 0 bridgehead atoms. The maximum absolute atomic E-state index is 9.67. The number of hydrogen-bond donors (Lipinski definition) is 1. The Balaban J connectivity index is 3.45. The van der Waals surface area contributed by atoms with Gasteiger partial charge >= 0.3 is 0 Å². The van der Waals surface area contributed by atoms with Crippen LogP contribution in [0.25, 0.3) is 0 Å². The Morgan fingerprint density at radius 1 is 1.45 bits per heavy atom. The monoisotopic (exact) mass is 156 g/mol. The summed E-state index contributed by atoms with van der Waals surface area (Å²) < 4.78 is 0. The minimum Gasteiger partial charge on any atom is -0.390 e. The van der Waals surface area contributed by atoms with Crippen LogP contribution < -0.4 is 0 Å². The molecule has 11 heavy (non-hydrogen) atoms. The van der Waals surface area contributed by atoms with Crippen LogP contribution in [0, 0.1) is 0 Å². The van der Waals surface area contributed by atoms with Crippen molar-refractivity contribution in [2.24, 2.45) is 0 Å². The summed E-state index contributed by atoms with van der Waals surface area (Å²) in [5.41, 5.74) is -0.517. The van der Waals surface area contributed by atoms with Gasteiger partial charge in [0.2, 0.25) is 0 Å². The lowest BCUT2D eigenvalue weighted by atomic mass is 9.95. The smallest absolute Gasteiger partial charge is 0.0653 e. The lowest BCUT2D eigenvalue weighted by Gasteiger charge is -2.20. The zero-order chi connectivity index (χ0) is 8.74. The Kier molecular flexibility index (Phi) is 5.22. The van der Waals surface area contributed by atoms with Gasteiger partial charge in [-0.25, -0.2) is 0 Å². The fourth-order valence-corrected chi connectivity index (χ4v) is 1.17. The third-order valence-corrected chi connectivity index (χ3v) is 1.90. The lowest BCUT2D eigenvalue weighted by molar-refractivity contribution is 0.0514. The summed E-state index contributed by atoms with van der Waals surface area (Å²) >= 11 is 0. The maximum Gasteiger partial charge on any atom is 0.0653 e. The second-order valence-electron chi connectivity index (χ2n) is 3.45. The number of hydrogen-bond acceptors (Lipinski definition) is 1. The van der Waals surface area contributed by atoms with E-state index in [1.165, 1.54) is 12.8 Å². The molecule has 0 aliphatic carbocycles. The van der Waals surface area contributed by atoms with Crippen molar-refractivity contribution in [2.75, 3.05) is 0 Å². The van der Waals surface area contributed by atoms with Gasteiger partial charge in [0.1, 0.15) is 0 Å². The molecule has 0 heterocycles. The summed E-state index contributed by atoms with van der Waals surface area (Å²) in [7, 11) is 0. The molecule has 0 amide bonds. The molecule has 1 atom stereocenters. The lowest BCUT2D eigenvalue weighted by Crippen LogP contribution is -2.22. The molecule has 1 heteroatoms. The molecule has 0 aromatic carbocycles. The van der Waals surface area contributed by atoms with Gasteiger partial charge in [-0.2, -0.15) is 0 Å². The van der Waals surface area contributed by atoms with E-state index >= 15 is 0 Å². The van der Waals surface area contributed by atoms with Gasteiger partial charge in [-0.15, -0.1) is 6.58 Å². The van der Waals surface area contributed by atoms with Gasteiger partial charge in [0.25, 0.3) is 0 Å². The summed E-state index contributed by atoms with van der Waals surface area (Å²) in [6.45, 7) is 7.66. The Labute approximate surface area is 70.1 Å². The van der Waals surface area contributed by atoms with E-state index in [1.54, 1.807) is 6.08 Å². The van der Waals surface area contributed by atoms with Crippen LogP contribution >= 0.6 is 0 Å². The second kappa shape index (κ2) is 5.36. The molecule has 0 spiro atoms. The molecule has 0 fully saturated rings. The van der Waals surface area contributed by atoms with E-state index in [1.807, 2.05) is 6.92 Å². The molecule has 0 aromatic heterocycles. The van der Waals surface area contributed by atoms with Crippen LogP contribution in [0.5, 0.6) is 0 Å². The topological polar surface area (TPSA) is 20.2 Å². The third kappa shape index (κ3) is 6.11. The van der Waals surface area contributed by atoms with Crippen molar-refractivity contribution >= 4 is 0 Å². The Bertz CT molecular complexity index is 105. The normalized spacial score (nSPS) is 15.9. The largest absolute Gasteiger partial charge is 0.390 e. The molecule has 0 saturated carbocycles. The van der Waals surface area contributed by atoms with Crippen LogP contribution in [0.15, 0.2) is 12.7 Å². The molecule has 1 nitrogen and oxygen atoms in total. The predicted octanol–water partition coefficient (Wildman–Crippen LogP) is 2.89. The first kappa shape index (κ1) is 10.7. The zero-order valence-electron chi connectivity index (χ0n) is 7.77. The molecular formula is C10H20O. The summed E-state index contributed by atoms with van der Waals surface area (Å²) in [6, 6.07) is 0. The van der Waals surface area contributed by atoms with Crippen LogP contribution in [-0.4, -0.2) is 10.7 Å². The van der Waals surface area contributed by atoms with Crippen molar-refractivity contribution in [2.45, 2.75) is 51.6 Å². The average molecular weight is 156 g/mol. The van der Waals surface area contributed by atoms with Crippen molar-refractivity contribution in [3.63, 3.8) is 0 Å². The number of aliphatic hydroxyl groups is 1. The van der Waals surface area contributed by atoms with Gasteiger partial charge in [0.05, 0.1) is 5.60 Å². The summed E-state index contributed by atoms with van der Waals surface area (Å²) in [4.78, 5) is 0. The SMILES string of the molecule is C=CCC(C)(O)CCCCC. The van der Waals surface area contributed by atoms with Gasteiger partial charge in [0, 0.05) is 0 Å². The molecule has 1 unspecified atom stereocenters. The van der Waals surface area contributed by atoms with Gasteiger partial charge in [-0.3, -0.25) is 0 Å². The van der Waals surface area contributed by atoms with E-state index in [0.717, 1.165) is 12.8 Å². The molecule has 0 aliphatic rings. The minimum atomic E-state index is -0.517. The fraction of sp³-hybridized carbons (Fsp3) is 0.800. The number of unbranched alkanes of at least 4 members (excludes halogenated alkanes) is 2. The molecule has 0 radical (unpaired) electrons. The summed E-state index contributed by atoms with van der Waals surface area (Å²) in [5, 5.41) is 9.67. The molecule has 0 aromatic rings. The quantitative estimate of drug-likeness (QED) is 0.463. The molecule has 0 saturated heterocycles. The third-order valence-electron chi connectivity index (χ3n) is 1.90. The Morgan fingerprint density at radius 3 is 2.55 bits per heavy atom. The second-order valence-corrected chi connectivity index (χ2v) is 3.45. The Hall–Kier alpha value is -0.300. The molecule has 0 aliphatic heterocycles. The molecule has 1 N–H and O–H groups in total. The van der Waals surface area contributed by atoms with E-state index in [0.29, 0.717) is 6.42 Å². The fourth-order valence-electron chi connectivity index (χ4n) is 1.17. The van der Waals surface area contributed by atoms with Crippen LogP contribution in [0.4, 0.5) is 0 Å². The van der Waals surface area contributed by atoms with Crippen LogP contribution in [0.1, 0.15) is 46.0 Å². The van der Waals surface area contributed by atoms with Gasteiger partial charge in [-0.1, -0.05) is 32.3 Å². The van der Waals surface area contributed by atoms with Crippen molar-refractivity contribution in [3.8, 4) is 0 Å². The van der Waals surface area contributed by atoms with Crippen LogP contribution in [0.2, 0.25) is 0 Å².